The van der Waals surface area contributed by atoms with Crippen LogP contribution in [0.3, 0.4) is 0 Å². The highest BCUT2D eigenvalue weighted by Gasteiger charge is 2.35. The van der Waals surface area contributed by atoms with Crippen LogP contribution in [0.1, 0.15) is 40.0 Å². The van der Waals surface area contributed by atoms with Crippen LogP contribution in [-0.4, -0.2) is 20.6 Å². The zero-order valence-electron chi connectivity index (χ0n) is 10.7. The molecule has 0 spiro atoms. The summed E-state index contributed by atoms with van der Waals surface area (Å²) in [6.07, 6.45) is 5.23. The van der Waals surface area contributed by atoms with Gasteiger partial charge in [0.15, 0.2) is 4.34 Å². The Kier molecular flexibility index (Phi) is 4.10. The quantitative estimate of drug-likeness (QED) is 0.897. The lowest BCUT2D eigenvalue weighted by molar-refractivity contribution is 0.174. The van der Waals surface area contributed by atoms with Gasteiger partial charge in [-0.2, -0.15) is 4.37 Å². The standard InChI is InChI=1S/C12H21N3S2/c1-12(2,3)8-4-5-9(13)10(6-8)16-11-14-7-15-17-11/h7-10H,4-6,13H2,1-3H3. The lowest BCUT2D eigenvalue weighted by Gasteiger charge is -2.40. The highest BCUT2D eigenvalue weighted by molar-refractivity contribution is 8.01. The average molecular weight is 271 g/mol. The molecule has 1 aliphatic carbocycles. The largest absolute Gasteiger partial charge is 0.327 e. The van der Waals surface area contributed by atoms with Crippen molar-refractivity contribution >= 4 is 23.3 Å². The third-order valence-electron chi connectivity index (χ3n) is 3.66. The molecule has 3 atom stereocenters. The van der Waals surface area contributed by atoms with Gasteiger partial charge in [0.05, 0.1) is 0 Å². The molecule has 3 unspecified atom stereocenters. The van der Waals surface area contributed by atoms with E-state index in [-0.39, 0.29) is 0 Å². The molecule has 1 aromatic heterocycles. The van der Waals surface area contributed by atoms with Gasteiger partial charge < -0.3 is 5.73 Å². The number of nitrogens with zero attached hydrogens (tertiary/aromatic N) is 2. The van der Waals surface area contributed by atoms with Gasteiger partial charge in [-0.1, -0.05) is 32.5 Å². The van der Waals surface area contributed by atoms with E-state index in [0.29, 0.717) is 16.7 Å². The number of rotatable bonds is 2. The van der Waals surface area contributed by atoms with E-state index in [1.54, 1.807) is 6.33 Å². The maximum absolute atomic E-state index is 6.24. The second kappa shape index (κ2) is 5.24. The van der Waals surface area contributed by atoms with Crippen LogP contribution < -0.4 is 5.73 Å². The Morgan fingerprint density at radius 3 is 2.76 bits per heavy atom. The lowest BCUT2D eigenvalue weighted by Crippen LogP contribution is -2.41. The van der Waals surface area contributed by atoms with Gasteiger partial charge in [0.2, 0.25) is 0 Å². The first-order chi connectivity index (χ1) is 7.97. The summed E-state index contributed by atoms with van der Waals surface area (Å²) in [5.41, 5.74) is 6.63. The van der Waals surface area contributed by atoms with Crippen molar-refractivity contribution in [2.75, 3.05) is 0 Å². The predicted octanol–water partition coefficient (Wildman–Crippen LogP) is 3.17. The topological polar surface area (TPSA) is 51.8 Å². The molecular weight excluding hydrogens is 250 g/mol. The van der Waals surface area contributed by atoms with Crippen molar-refractivity contribution in [3.8, 4) is 0 Å². The normalized spacial score (nSPS) is 30.5. The maximum atomic E-state index is 6.24. The molecule has 0 amide bonds. The van der Waals surface area contributed by atoms with Crippen molar-refractivity contribution in [3.05, 3.63) is 6.33 Å². The van der Waals surface area contributed by atoms with Gasteiger partial charge in [0.25, 0.3) is 0 Å². The van der Waals surface area contributed by atoms with Gasteiger partial charge in [-0.15, -0.1) is 0 Å². The molecule has 2 rings (SSSR count). The smallest absolute Gasteiger partial charge is 0.170 e. The summed E-state index contributed by atoms with van der Waals surface area (Å²) in [6, 6.07) is 0.308. The third kappa shape index (κ3) is 3.42. The zero-order chi connectivity index (χ0) is 12.5. The molecule has 2 N–H and O–H groups in total. The molecule has 0 saturated heterocycles. The van der Waals surface area contributed by atoms with Crippen LogP contribution in [0.2, 0.25) is 0 Å². The average Bonchev–Trinajstić information content (AvgIpc) is 2.72. The monoisotopic (exact) mass is 271 g/mol. The molecule has 3 nitrogen and oxygen atoms in total. The van der Waals surface area contributed by atoms with E-state index in [4.69, 9.17) is 5.73 Å². The van der Waals surface area contributed by atoms with Crippen molar-refractivity contribution in [2.24, 2.45) is 17.1 Å². The summed E-state index contributed by atoms with van der Waals surface area (Å²) in [4.78, 5) is 4.25. The Hall–Kier alpha value is -0.130. The molecule has 0 aromatic carbocycles. The van der Waals surface area contributed by atoms with Crippen LogP contribution in [0.25, 0.3) is 0 Å². The van der Waals surface area contributed by atoms with Crippen molar-refractivity contribution in [1.82, 2.24) is 9.36 Å². The van der Waals surface area contributed by atoms with Crippen molar-refractivity contribution in [2.45, 2.75) is 55.7 Å². The van der Waals surface area contributed by atoms with Crippen LogP contribution in [-0.2, 0) is 0 Å². The minimum Gasteiger partial charge on any atom is -0.327 e. The Morgan fingerprint density at radius 2 is 2.18 bits per heavy atom. The molecule has 1 saturated carbocycles. The molecule has 0 radical (unpaired) electrons. The second-order valence-electron chi connectivity index (χ2n) is 5.90. The van der Waals surface area contributed by atoms with E-state index >= 15 is 0 Å². The summed E-state index contributed by atoms with van der Waals surface area (Å²) in [7, 11) is 0. The van der Waals surface area contributed by atoms with Gasteiger partial charge in [-0.3, -0.25) is 0 Å². The molecule has 1 aromatic rings. The molecule has 5 heteroatoms. The predicted molar refractivity (Wildman–Crippen MR) is 74.3 cm³/mol. The summed E-state index contributed by atoms with van der Waals surface area (Å²) >= 11 is 3.29. The fourth-order valence-electron chi connectivity index (χ4n) is 2.42. The van der Waals surface area contributed by atoms with Crippen LogP contribution in [0.15, 0.2) is 10.7 Å². The molecule has 0 bridgehead atoms. The second-order valence-corrected chi connectivity index (χ2v) is 8.17. The van der Waals surface area contributed by atoms with E-state index in [1.807, 2.05) is 11.8 Å². The van der Waals surface area contributed by atoms with E-state index in [0.717, 1.165) is 16.7 Å². The summed E-state index contributed by atoms with van der Waals surface area (Å²) in [5, 5.41) is 0.501. The molecule has 1 heterocycles. The molecular formula is C12H21N3S2. The first-order valence-corrected chi connectivity index (χ1v) is 7.81. The number of thioether (sulfide) groups is 1. The molecule has 0 aliphatic heterocycles. The Morgan fingerprint density at radius 1 is 1.41 bits per heavy atom. The maximum Gasteiger partial charge on any atom is 0.170 e. The van der Waals surface area contributed by atoms with Crippen LogP contribution >= 0.6 is 23.3 Å². The van der Waals surface area contributed by atoms with Crippen molar-refractivity contribution < 1.29 is 0 Å². The van der Waals surface area contributed by atoms with Crippen LogP contribution in [0.5, 0.6) is 0 Å². The summed E-state index contributed by atoms with van der Waals surface area (Å²) in [5.74, 6) is 0.771. The molecule has 96 valence electrons. The fraction of sp³-hybridized carbons (Fsp3) is 0.833. The Balaban J connectivity index is 2.00. The first-order valence-electron chi connectivity index (χ1n) is 6.15. The van der Waals surface area contributed by atoms with Crippen LogP contribution in [0, 0.1) is 11.3 Å². The minimum absolute atomic E-state index is 0.308. The SMILES string of the molecule is CC(C)(C)C1CCC(N)C(Sc2ncns2)C1. The van der Waals surface area contributed by atoms with Gasteiger partial charge in [-0.25, -0.2) is 4.98 Å². The fourth-order valence-corrected chi connectivity index (χ4v) is 4.38. The highest BCUT2D eigenvalue weighted by Crippen LogP contribution is 2.42. The minimum atomic E-state index is 0.308. The number of nitrogens with two attached hydrogens (primary N) is 1. The van der Waals surface area contributed by atoms with E-state index in [9.17, 15) is 0 Å². The number of hydrogen-bond acceptors (Lipinski definition) is 5. The number of aromatic nitrogens is 2. The van der Waals surface area contributed by atoms with Gasteiger partial charge in [0.1, 0.15) is 6.33 Å². The van der Waals surface area contributed by atoms with Crippen molar-refractivity contribution in [1.29, 1.82) is 0 Å². The number of hydrogen-bond donors (Lipinski definition) is 1. The van der Waals surface area contributed by atoms with Crippen LogP contribution in [0.4, 0.5) is 0 Å². The molecule has 1 aliphatic rings. The molecule has 1 fully saturated rings. The first kappa shape index (κ1) is 13.3. The highest BCUT2D eigenvalue weighted by atomic mass is 32.2. The Labute approximate surface area is 112 Å². The zero-order valence-corrected chi connectivity index (χ0v) is 12.4. The van der Waals surface area contributed by atoms with E-state index in [1.165, 1.54) is 24.4 Å². The van der Waals surface area contributed by atoms with E-state index < -0.39 is 0 Å². The van der Waals surface area contributed by atoms with Gasteiger partial charge in [0, 0.05) is 11.3 Å². The molecule has 17 heavy (non-hydrogen) atoms. The third-order valence-corrected chi connectivity index (χ3v) is 5.79. The van der Waals surface area contributed by atoms with Gasteiger partial charge >= 0.3 is 0 Å². The van der Waals surface area contributed by atoms with E-state index in [2.05, 4.69) is 30.1 Å². The lowest BCUT2D eigenvalue weighted by atomic mass is 9.71. The summed E-state index contributed by atoms with van der Waals surface area (Å²) < 4.78 is 5.10. The van der Waals surface area contributed by atoms with Crippen molar-refractivity contribution in [3.63, 3.8) is 0 Å². The Bertz CT molecular complexity index is 345. The van der Waals surface area contributed by atoms with Gasteiger partial charge in [-0.05, 0) is 42.1 Å². The summed E-state index contributed by atoms with van der Waals surface area (Å²) in [6.45, 7) is 7.00.